The van der Waals surface area contributed by atoms with Crippen LogP contribution in [0.2, 0.25) is 5.02 Å². The number of nitrogens with one attached hydrogen (secondary N) is 1. The normalized spacial score (nSPS) is 15.3. The number of alkyl halides is 3. The van der Waals surface area contributed by atoms with Crippen LogP contribution in [0.3, 0.4) is 0 Å². The molecule has 5 nitrogen and oxygen atoms in total. The molecular formula is C24H25ClF3N4O+. The van der Waals surface area contributed by atoms with Crippen molar-refractivity contribution in [2.75, 3.05) is 26.2 Å². The monoisotopic (exact) mass is 477 g/mol. The Morgan fingerprint density at radius 1 is 1.03 bits per heavy atom. The summed E-state index contributed by atoms with van der Waals surface area (Å²) in [5, 5.41) is 3.08. The Bertz CT molecular complexity index is 1050. The summed E-state index contributed by atoms with van der Waals surface area (Å²) < 4.78 is 40.3. The molecule has 1 amide bonds. The Labute approximate surface area is 195 Å². The summed E-state index contributed by atoms with van der Waals surface area (Å²) in [6.07, 6.45) is -4.66. The molecule has 0 saturated carbocycles. The second-order valence-corrected chi connectivity index (χ2v) is 8.57. The third-order valence-corrected chi connectivity index (χ3v) is 6.57. The fourth-order valence-corrected chi connectivity index (χ4v) is 4.62. The van der Waals surface area contributed by atoms with Crippen LogP contribution < -0.4 is 4.90 Å². The second-order valence-electron chi connectivity index (χ2n) is 8.20. The molecule has 1 aromatic heterocycles. The van der Waals surface area contributed by atoms with Gasteiger partial charge in [-0.3, -0.25) is 9.48 Å². The van der Waals surface area contributed by atoms with E-state index < -0.39 is 16.9 Å². The lowest BCUT2D eigenvalue weighted by atomic mass is 9.96. The highest BCUT2D eigenvalue weighted by molar-refractivity contribution is 6.32. The number of halogens is 4. The maximum absolute atomic E-state index is 13.1. The molecule has 2 heterocycles. The van der Waals surface area contributed by atoms with E-state index in [0.717, 1.165) is 17.8 Å². The van der Waals surface area contributed by atoms with Gasteiger partial charge in [-0.2, -0.15) is 18.3 Å². The maximum atomic E-state index is 13.1. The van der Waals surface area contributed by atoms with Crippen molar-refractivity contribution in [1.29, 1.82) is 0 Å². The van der Waals surface area contributed by atoms with E-state index in [2.05, 4.69) is 29.4 Å². The van der Waals surface area contributed by atoms with Crippen LogP contribution in [0.5, 0.6) is 0 Å². The predicted octanol–water partition coefficient (Wildman–Crippen LogP) is 3.38. The zero-order chi connectivity index (χ0) is 23.6. The highest BCUT2D eigenvalue weighted by Crippen LogP contribution is 2.35. The minimum Gasteiger partial charge on any atom is -0.330 e. The van der Waals surface area contributed by atoms with E-state index in [-0.39, 0.29) is 24.2 Å². The largest absolute Gasteiger partial charge is 0.436 e. The highest BCUT2D eigenvalue weighted by atomic mass is 35.5. The van der Waals surface area contributed by atoms with Gasteiger partial charge in [0, 0.05) is 11.1 Å². The number of hydrogen-bond donors (Lipinski definition) is 1. The van der Waals surface area contributed by atoms with Crippen LogP contribution in [0.25, 0.3) is 0 Å². The summed E-state index contributed by atoms with van der Waals surface area (Å²) in [5.41, 5.74) is 1.40. The van der Waals surface area contributed by atoms with Crippen molar-refractivity contribution in [3.8, 4) is 0 Å². The van der Waals surface area contributed by atoms with Crippen molar-refractivity contribution in [3.63, 3.8) is 0 Å². The van der Waals surface area contributed by atoms with Gasteiger partial charge in [0.25, 0.3) is 0 Å². The Balaban J connectivity index is 1.45. The minimum absolute atomic E-state index is 0.134. The van der Waals surface area contributed by atoms with Gasteiger partial charge in [-0.05, 0) is 6.92 Å². The van der Waals surface area contributed by atoms with Crippen LogP contribution in [-0.4, -0.2) is 46.8 Å². The molecule has 0 aliphatic carbocycles. The molecule has 1 aliphatic rings. The fourth-order valence-electron chi connectivity index (χ4n) is 4.37. The minimum atomic E-state index is -4.66. The molecule has 0 unspecified atom stereocenters. The molecule has 0 bridgehead atoms. The number of nitrogens with zero attached hydrogens (tertiary/aromatic N) is 3. The molecule has 174 valence electrons. The number of piperazine rings is 1. The summed E-state index contributed by atoms with van der Waals surface area (Å²) in [6.45, 7) is 3.66. The molecule has 1 N–H and O–H groups in total. The first-order valence-corrected chi connectivity index (χ1v) is 11.2. The van der Waals surface area contributed by atoms with Gasteiger partial charge in [-0.25, -0.2) is 0 Å². The second kappa shape index (κ2) is 9.57. The van der Waals surface area contributed by atoms with Crippen LogP contribution in [0.4, 0.5) is 13.2 Å². The quantitative estimate of drug-likeness (QED) is 0.612. The van der Waals surface area contributed by atoms with Gasteiger partial charge in [0.1, 0.15) is 12.6 Å². The molecule has 2 aromatic carbocycles. The smallest absolute Gasteiger partial charge is 0.330 e. The van der Waals surface area contributed by atoms with Crippen LogP contribution in [0.15, 0.2) is 60.7 Å². The lowest BCUT2D eigenvalue weighted by Gasteiger charge is -2.37. The van der Waals surface area contributed by atoms with Crippen molar-refractivity contribution < 1.29 is 22.9 Å². The molecule has 1 saturated heterocycles. The molecule has 0 radical (unpaired) electrons. The number of hydrogen-bond acceptors (Lipinski definition) is 2. The van der Waals surface area contributed by atoms with Crippen LogP contribution in [0.1, 0.15) is 28.6 Å². The third kappa shape index (κ3) is 5.07. The molecule has 33 heavy (non-hydrogen) atoms. The summed E-state index contributed by atoms with van der Waals surface area (Å²) in [6, 6.07) is 20.7. The number of rotatable bonds is 5. The maximum Gasteiger partial charge on any atom is 0.436 e. The lowest BCUT2D eigenvalue weighted by molar-refractivity contribution is -0.929. The lowest BCUT2D eigenvalue weighted by Crippen LogP contribution is -3.15. The van der Waals surface area contributed by atoms with Gasteiger partial charge < -0.3 is 9.80 Å². The summed E-state index contributed by atoms with van der Waals surface area (Å²) in [5.74, 6) is -0.263. The van der Waals surface area contributed by atoms with Crippen LogP contribution >= 0.6 is 11.6 Å². The van der Waals surface area contributed by atoms with Crippen LogP contribution in [-0.2, 0) is 17.5 Å². The van der Waals surface area contributed by atoms with Gasteiger partial charge in [0.2, 0.25) is 5.91 Å². The number of carbonyl (C=O) groups is 1. The zero-order valence-electron chi connectivity index (χ0n) is 18.1. The third-order valence-electron chi connectivity index (χ3n) is 6.12. The van der Waals surface area contributed by atoms with Gasteiger partial charge in [-0.15, -0.1) is 0 Å². The number of quaternary nitrogens is 1. The Morgan fingerprint density at radius 2 is 1.55 bits per heavy atom. The van der Waals surface area contributed by atoms with E-state index >= 15 is 0 Å². The molecular weight excluding hydrogens is 453 g/mol. The first-order chi connectivity index (χ1) is 15.8. The first-order valence-electron chi connectivity index (χ1n) is 10.8. The Kier molecular flexibility index (Phi) is 6.76. The molecule has 4 rings (SSSR count). The van der Waals surface area contributed by atoms with E-state index in [1.807, 2.05) is 36.4 Å². The molecule has 3 aromatic rings. The molecule has 0 spiro atoms. The van der Waals surface area contributed by atoms with Crippen molar-refractivity contribution in [3.05, 3.63) is 88.2 Å². The number of amides is 1. The standard InChI is InChI=1S/C24H24ClF3N4O/c1-17-21(25)23(24(26,27)28)29-32(17)16-20(33)30-12-14-31(15-13-30)22(18-8-4-2-5-9-18)19-10-6-3-7-11-19/h2-11,22H,12-16H2,1H3/p+1. The highest BCUT2D eigenvalue weighted by Gasteiger charge is 2.39. The summed E-state index contributed by atoms with van der Waals surface area (Å²) >= 11 is 5.81. The van der Waals surface area contributed by atoms with E-state index in [1.54, 1.807) is 4.90 Å². The molecule has 9 heteroatoms. The van der Waals surface area contributed by atoms with Gasteiger partial charge in [-0.1, -0.05) is 72.3 Å². The SMILES string of the molecule is Cc1c(Cl)c(C(F)(F)F)nn1CC(=O)N1CC[NH+](C(c2ccccc2)c2ccccc2)CC1. The Morgan fingerprint density at radius 3 is 2.00 bits per heavy atom. The average molecular weight is 478 g/mol. The van der Waals surface area contributed by atoms with Gasteiger partial charge >= 0.3 is 6.18 Å². The summed E-state index contributed by atoms with van der Waals surface area (Å²) in [4.78, 5) is 15.9. The topological polar surface area (TPSA) is 42.6 Å². The number of aromatic nitrogens is 2. The zero-order valence-corrected chi connectivity index (χ0v) is 18.9. The van der Waals surface area contributed by atoms with Gasteiger partial charge in [0.15, 0.2) is 5.69 Å². The number of benzene rings is 2. The Hall–Kier alpha value is -2.84. The van der Waals surface area contributed by atoms with Crippen molar-refractivity contribution >= 4 is 17.5 Å². The van der Waals surface area contributed by atoms with Crippen molar-refractivity contribution in [1.82, 2.24) is 14.7 Å². The van der Waals surface area contributed by atoms with Crippen molar-refractivity contribution in [2.45, 2.75) is 25.7 Å². The fraction of sp³-hybridized carbons (Fsp3) is 0.333. The van der Waals surface area contributed by atoms with Gasteiger partial charge in [0.05, 0.1) is 36.9 Å². The molecule has 0 atom stereocenters. The van der Waals surface area contributed by atoms with E-state index in [4.69, 9.17) is 11.6 Å². The average Bonchev–Trinajstić information content (AvgIpc) is 3.10. The van der Waals surface area contributed by atoms with Crippen LogP contribution in [0, 0.1) is 6.92 Å². The van der Waals surface area contributed by atoms with E-state index in [9.17, 15) is 18.0 Å². The molecule has 1 aliphatic heterocycles. The molecule has 1 fully saturated rings. The summed E-state index contributed by atoms with van der Waals surface area (Å²) in [7, 11) is 0. The first kappa shape index (κ1) is 23.3. The number of carbonyl (C=O) groups excluding carboxylic acids is 1. The predicted molar refractivity (Wildman–Crippen MR) is 119 cm³/mol. The van der Waals surface area contributed by atoms with E-state index in [0.29, 0.717) is 13.1 Å². The van der Waals surface area contributed by atoms with Crippen molar-refractivity contribution in [2.24, 2.45) is 0 Å². The van der Waals surface area contributed by atoms with E-state index in [1.165, 1.54) is 23.0 Å².